The van der Waals surface area contributed by atoms with E-state index in [4.69, 9.17) is 28.9 Å². The Balaban J connectivity index is 1.52. The van der Waals surface area contributed by atoms with Gasteiger partial charge in [0.15, 0.2) is 0 Å². The van der Waals surface area contributed by atoms with Crippen molar-refractivity contribution in [2.45, 2.75) is 0 Å². The lowest BCUT2D eigenvalue weighted by molar-refractivity contribution is -0.133. The number of aromatic nitrogens is 1. The molecule has 1 aliphatic rings. The summed E-state index contributed by atoms with van der Waals surface area (Å²) in [6.07, 6.45) is 2.93. The van der Waals surface area contributed by atoms with Gasteiger partial charge in [0.1, 0.15) is 5.82 Å². The standard InChI is InChI=1S/C17H19Cl2N5O3S2/c18-13-10-22-16(20)9-14(13)21-4-5-23-6-7-24(11-17(23)25)29(26,27)8-3-12-1-2-15(19)28-12/h1-3,8-10H,4-7,11H2,(H3,20,21,22)/b8-3+. The molecule has 3 N–H and O–H groups in total. The van der Waals surface area contributed by atoms with E-state index >= 15 is 0 Å². The van der Waals surface area contributed by atoms with Gasteiger partial charge in [-0.3, -0.25) is 4.79 Å². The van der Waals surface area contributed by atoms with Gasteiger partial charge in [0, 0.05) is 48.7 Å². The number of rotatable bonds is 7. The van der Waals surface area contributed by atoms with Crippen molar-refractivity contribution >= 4 is 68.1 Å². The van der Waals surface area contributed by atoms with Crippen LogP contribution in [0.2, 0.25) is 9.36 Å². The molecule has 1 saturated heterocycles. The zero-order valence-corrected chi connectivity index (χ0v) is 18.4. The van der Waals surface area contributed by atoms with Gasteiger partial charge in [-0.1, -0.05) is 23.2 Å². The third kappa shape index (κ3) is 5.83. The second-order valence-electron chi connectivity index (χ2n) is 6.22. The van der Waals surface area contributed by atoms with Crippen LogP contribution in [-0.2, 0) is 14.8 Å². The number of amides is 1. The lowest BCUT2D eigenvalue weighted by Gasteiger charge is -2.33. The highest BCUT2D eigenvalue weighted by Crippen LogP contribution is 2.24. The lowest BCUT2D eigenvalue weighted by Crippen LogP contribution is -2.52. The Labute approximate surface area is 183 Å². The van der Waals surface area contributed by atoms with Gasteiger partial charge in [0.05, 0.1) is 21.6 Å². The van der Waals surface area contributed by atoms with Crippen LogP contribution in [-0.4, -0.2) is 61.2 Å². The van der Waals surface area contributed by atoms with E-state index in [9.17, 15) is 13.2 Å². The molecular weight excluding hydrogens is 457 g/mol. The summed E-state index contributed by atoms with van der Waals surface area (Å²) in [4.78, 5) is 18.6. The van der Waals surface area contributed by atoms with Gasteiger partial charge in [0.2, 0.25) is 15.9 Å². The van der Waals surface area contributed by atoms with E-state index in [2.05, 4.69) is 10.3 Å². The van der Waals surface area contributed by atoms with Gasteiger partial charge in [-0.05, 0) is 18.2 Å². The van der Waals surface area contributed by atoms with Crippen molar-refractivity contribution in [2.75, 3.05) is 43.8 Å². The number of sulfonamides is 1. The number of nitrogen functional groups attached to an aromatic ring is 1. The molecule has 0 atom stereocenters. The first-order valence-electron chi connectivity index (χ1n) is 8.61. The molecule has 8 nitrogen and oxygen atoms in total. The summed E-state index contributed by atoms with van der Waals surface area (Å²) in [5.74, 6) is 0.0826. The number of nitrogens with one attached hydrogen (secondary N) is 1. The Morgan fingerprint density at radius 1 is 1.31 bits per heavy atom. The van der Waals surface area contributed by atoms with E-state index in [1.165, 1.54) is 27.9 Å². The molecule has 0 unspecified atom stereocenters. The normalized spacial score (nSPS) is 15.9. The van der Waals surface area contributed by atoms with Gasteiger partial charge in [-0.25, -0.2) is 13.4 Å². The highest BCUT2D eigenvalue weighted by atomic mass is 35.5. The molecule has 0 bridgehead atoms. The fraction of sp³-hybridized carbons (Fsp3) is 0.294. The highest BCUT2D eigenvalue weighted by molar-refractivity contribution is 7.92. The molecule has 2 aromatic heterocycles. The number of halogens is 2. The summed E-state index contributed by atoms with van der Waals surface area (Å²) in [7, 11) is -3.69. The zero-order chi connectivity index (χ0) is 21.0. The average Bonchev–Trinajstić information content (AvgIpc) is 3.09. The molecule has 0 saturated carbocycles. The maximum absolute atomic E-state index is 12.5. The predicted molar refractivity (Wildman–Crippen MR) is 118 cm³/mol. The van der Waals surface area contributed by atoms with Gasteiger partial charge in [-0.15, -0.1) is 11.3 Å². The molecular formula is C17H19Cl2N5O3S2. The van der Waals surface area contributed by atoms with E-state index in [0.29, 0.717) is 40.5 Å². The second-order valence-corrected chi connectivity index (χ2v) is 10.2. The Bertz CT molecular complexity index is 1030. The van der Waals surface area contributed by atoms with Crippen LogP contribution < -0.4 is 11.1 Å². The SMILES string of the molecule is Nc1cc(NCCN2CCN(S(=O)(=O)/C=C/c3ccc(Cl)s3)CC2=O)c(Cl)cn1. The number of piperazine rings is 1. The Morgan fingerprint density at radius 3 is 2.79 bits per heavy atom. The minimum Gasteiger partial charge on any atom is -0.384 e. The average molecular weight is 476 g/mol. The van der Waals surface area contributed by atoms with Crippen LogP contribution in [0.5, 0.6) is 0 Å². The smallest absolute Gasteiger partial charge is 0.238 e. The number of anilines is 2. The Morgan fingerprint density at radius 2 is 2.10 bits per heavy atom. The first-order chi connectivity index (χ1) is 13.7. The molecule has 0 aliphatic carbocycles. The fourth-order valence-electron chi connectivity index (χ4n) is 2.71. The van der Waals surface area contributed by atoms with Gasteiger partial charge in [-0.2, -0.15) is 4.31 Å². The molecule has 3 heterocycles. The maximum Gasteiger partial charge on any atom is 0.238 e. The molecule has 0 radical (unpaired) electrons. The third-order valence-corrected chi connectivity index (χ3v) is 7.22. The summed E-state index contributed by atoms with van der Waals surface area (Å²) in [5.41, 5.74) is 6.27. The van der Waals surface area contributed by atoms with Crippen molar-refractivity contribution in [2.24, 2.45) is 0 Å². The molecule has 1 fully saturated rings. The molecule has 29 heavy (non-hydrogen) atoms. The van der Waals surface area contributed by atoms with E-state index in [-0.39, 0.29) is 19.0 Å². The van der Waals surface area contributed by atoms with Crippen molar-refractivity contribution in [3.8, 4) is 0 Å². The molecule has 1 amide bonds. The molecule has 0 aromatic carbocycles. The van der Waals surface area contributed by atoms with Crippen LogP contribution >= 0.6 is 34.5 Å². The van der Waals surface area contributed by atoms with E-state index in [0.717, 1.165) is 10.3 Å². The van der Waals surface area contributed by atoms with Gasteiger partial charge >= 0.3 is 0 Å². The highest BCUT2D eigenvalue weighted by Gasteiger charge is 2.30. The topological polar surface area (TPSA) is 109 Å². The van der Waals surface area contributed by atoms with Crippen LogP contribution in [0.4, 0.5) is 11.5 Å². The summed E-state index contributed by atoms with van der Waals surface area (Å²) in [5, 5.41) is 4.64. The molecule has 1 aliphatic heterocycles. The second kappa shape index (κ2) is 9.31. The molecule has 12 heteroatoms. The minimum absolute atomic E-state index is 0.194. The lowest BCUT2D eigenvalue weighted by atomic mass is 10.3. The number of nitrogens with two attached hydrogens (primary N) is 1. The Kier molecular flexibility index (Phi) is 7.01. The number of hydrogen-bond acceptors (Lipinski definition) is 7. The molecule has 3 rings (SSSR count). The summed E-state index contributed by atoms with van der Waals surface area (Å²) < 4.78 is 26.7. The van der Waals surface area contributed by atoms with Crippen LogP contribution in [0.25, 0.3) is 6.08 Å². The number of hydrogen-bond donors (Lipinski definition) is 2. The zero-order valence-electron chi connectivity index (χ0n) is 15.2. The van der Waals surface area contributed by atoms with Crippen LogP contribution in [0, 0.1) is 0 Å². The van der Waals surface area contributed by atoms with Crippen molar-refractivity contribution in [1.82, 2.24) is 14.2 Å². The number of thiophene rings is 1. The van der Waals surface area contributed by atoms with Crippen LogP contribution in [0.3, 0.4) is 0 Å². The van der Waals surface area contributed by atoms with Crippen LogP contribution in [0.1, 0.15) is 4.88 Å². The monoisotopic (exact) mass is 475 g/mol. The number of carbonyl (C=O) groups excluding carboxylic acids is 1. The number of nitrogens with zero attached hydrogens (tertiary/aromatic N) is 3. The summed E-state index contributed by atoms with van der Waals surface area (Å²) in [6.45, 7) is 1.20. The van der Waals surface area contributed by atoms with Gasteiger partial charge in [0.25, 0.3) is 0 Å². The van der Waals surface area contributed by atoms with Crippen molar-refractivity contribution in [3.63, 3.8) is 0 Å². The fourth-order valence-corrected chi connectivity index (χ4v) is 5.05. The van der Waals surface area contributed by atoms with Crippen molar-refractivity contribution in [1.29, 1.82) is 0 Å². The Hall–Kier alpha value is -1.85. The van der Waals surface area contributed by atoms with Crippen molar-refractivity contribution in [3.05, 3.63) is 44.0 Å². The third-order valence-electron chi connectivity index (χ3n) is 4.22. The first-order valence-corrected chi connectivity index (χ1v) is 11.7. The molecule has 2 aromatic rings. The van der Waals surface area contributed by atoms with Crippen LogP contribution in [0.15, 0.2) is 29.8 Å². The number of carbonyl (C=O) groups is 1. The summed E-state index contributed by atoms with van der Waals surface area (Å²) in [6, 6.07) is 5.04. The van der Waals surface area contributed by atoms with E-state index in [1.54, 1.807) is 23.1 Å². The van der Waals surface area contributed by atoms with E-state index in [1.807, 2.05) is 0 Å². The number of pyridine rings is 1. The quantitative estimate of drug-likeness (QED) is 0.636. The maximum atomic E-state index is 12.5. The van der Waals surface area contributed by atoms with Crippen molar-refractivity contribution < 1.29 is 13.2 Å². The first kappa shape index (κ1) is 21.8. The van der Waals surface area contributed by atoms with Gasteiger partial charge < -0.3 is 16.0 Å². The summed E-state index contributed by atoms with van der Waals surface area (Å²) >= 11 is 13.2. The molecule has 0 spiro atoms. The predicted octanol–water partition coefficient (Wildman–Crippen LogP) is 2.59. The largest absolute Gasteiger partial charge is 0.384 e. The molecule has 156 valence electrons. The minimum atomic E-state index is -3.69. The van der Waals surface area contributed by atoms with E-state index < -0.39 is 10.0 Å².